The van der Waals surface area contributed by atoms with E-state index in [1.54, 1.807) is 4.90 Å². The maximum absolute atomic E-state index is 13.6. The number of nitro benzene ring substituents is 1. The highest BCUT2D eigenvalue weighted by Crippen LogP contribution is 2.28. The van der Waals surface area contributed by atoms with Gasteiger partial charge < -0.3 is 10.2 Å². The number of halogens is 1. The second kappa shape index (κ2) is 5.64. The minimum atomic E-state index is -0.624. The van der Waals surface area contributed by atoms with E-state index in [4.69, 9.17) is 0 Å². The monoisotopic (exact) mass is 307 g/mol. The van der Waals surface area contributed by atoms with Crippen LogP contribution in [0.1, 0.15) is 35.2 Å². The number of nitro groups is 1. The molecule has 2 saturated heterocycles. The molecule has 0 aromatic heterocycles. The van der Waals surface area contributed by atoms with Crippen LogP contribution < -0.4 is 5.32 Å². The Morgan fingerprint density at radius 1 is 1.36 bits per heavy atom. The zero-order valence-corrected chi connectivity index (χ0v) is 12.3. The van der Waals surface area contributed by atoms with Gasteiger partial charge in [-0.2, -0.15) is 0 Å². The van der Waals surface area contributed by atoms with Crippen LogP contribution in [-0.4, -0.2) is 40.9 Å². The summed E-state index contributed by atoms with van der Waals surface area (Å²) >= 11 is 0. The second-order valence-electron chi connectivity index (χ2n) is 6.05. The molecule has 1 amide bonds. The Bertz CT molecular complexity index is 635. The largest absolute Gasteiger partial charge is 0.337 e. The van der Waals surface area contributed by atoms with Crippen molar-refractivity contribution in [1.82, 2.24) is 10.2 Å². The van der Waals surface area contributed by atoms with E-state index in [0.29, 0.717) is 19.1 Å². The summed E-state index contributed by atoms with van der Waals surface area (Å²) in [5.41, 5.74) is -0.281. The molecule has 3 rings (SSSR count). The van der Waals surface area contributed by atoms with Crippen molar-refractivity contribution in [3.05, 3.63) is 39.2 Å². The summed E-state index contributed by atoms with van der Waals surface area (Å²) in [5.74, 6) is -1.08. The first kappa shape index (κ1) is 14.9. The Labute approximate surface area is 127 Å². The van der Waals surface area contributed by atoms with Gasteiger partial charge in [-0.25, -0.2) is 4.39 Å². The lowest BCUT2D eigenvalue weighted by Gasteiger charge is -2.24. The van der Waals surface area contributed by atoms with Crippen molar-refractivity contribution in [3.8, 4) is 0 Å². The SMILES string of the molecule is Cc1cc(F)cc(C(=O)N2CCC3CCC(C2)N3)c1[N+](=O)[O-]. The highest BCUT2D eigenvalue weighted by molar-refractivity contribution is 5.98. The standard InChI is InChI=1S/C15H18FN3O3/c1-9-6-10(16)7-13(14(9)19(21)22)15(20)18-5-4-11-2-3-12(8-18)17-11/h6-7,11-12,17H,2-5,8H2,1H3. The topological polar surface area (TPSA) is 75.5 Å². The number of carbonyl (C=O) groups excluding carboxylic acids is 1. The van der Waals surface area contributed by atoms with E-state index in [1.165, 1.54) is 6.92 Å². The van der Waals surface area contributed by atoms with Crippen molar-refractivity contribution in [1.29, 1.82) is 0 Å². The molecule has 7 heteroatoms. The Hall–Kier alpha value is -2.02. The molecule has 6 nitrogen and oxygen atoms in total. The van der Waals surface area contributed by atoms with Crippen LogP contribution in [0.2, 0.25) is 0 Å². The van der Waals surface area contributed by atoms with E-state index in [-0.39, 0.29) is 22.9 Å². The van der Waals surface area contributed by atoms with E-state index in [0.717, 1.165) is 31.4 Å². The maximum atomic E-state index is 13.6. The third-order valence-electron chi connectivity index (χ3n) is 4.49. The highest BCUT2D eigenvalue weighted by Gasteiger charge is 2.34. The minimum absolute atomic E-state index is 0.153. The first-order chi connectivity index (χ1) is 10.5. The number of benzene rings is 1. The smallest absolute Gasteiger partial charge is 0.285 e. The molecule has 2 bridgehead atoms. The van der Waals surface area contributed by atoms with Gasteiger partial charge in [-0.05, 0) is 38.3 Å². The van der Waals surface area contributed by atoms with Gasteiger partial charge in [0.2, 0.25) is 0 Å². The molecule has 2 fully saturated rings. The predicted molar refractivity (Wildman–Crippen MR) is 78.3 cm³/mol. The Morgan fingerprint density at radius 3 is 2.82 bits per heavy atom. The van der Waals surface area contributed by atoms with Crippen LogP contribution in [-0.2, 0) is 0 Å². The van der Waals surface area contributed by atoms with Crippen LogP contribution in [0.4, 0.5) is 10.1 Å². The molecule has 0 aliphatic carbocycles. The van der Waals surface area contributed by atoms with Crippen LogP contribution in [0.5, 0.6) is 0 Å². The molecule has 0 spiro atoms. The van der Waals surface area contributed by atoms with Gasteiger partial charge in [0.1, 0.15) is 11.4 Å². The van der Waals surface area contributed by atoms with Crippen molar-refractivity contribution in [2.45, 2.75) is 38.3 Å². The van der Waals surface area contributed by atoms with Crippen LogP contribution in [0, 0.1) is 22.9 Å². The van der Waals surface area contributed by atoms with Crippen LogP contribution in [0.3, 0.4) is 0 Å². The molecule has 2 aliphatic rings. The van der Waals surface area contributed by atoms with Gasteiger partial charge in [-0.15, -0.1) is 0 Å². The quantitative estimate of drug-likeness (QED) is 0.670. The molecule has 22 heavy (non-hydrogen) atoms. The summed E-state index contributed by atoms with van der Waals surface area (Å²) in [6.07, 6.45) is 2.93. The van der Waals surface area contributed by atoms with Gasteiger partial charge in [0.15, 0.2) is 0 Å². The average molecular weight is 307 g/mol. The maximum Gasteiger partial charge on any atom is 0.285 e. The molecule has 118 valence electrons. The molecule has 0 radical (unpaired) electrons. The number of aryl methyl sites for hydroxylation is 1. The number of nitrogens with one attached hydrogen (secondary N) is 1. The minimum Gasteiger partial charge on any atom is -0.337 e. The molecular weight excluding hydrogens is 289 g/mol. The number of amides is 1. The zero-order chi connectivity index (χ0) is 15.9. The lowest BCUT2D eigenvalue weighted by molar-refractivity contribution is -0.385. The molecule has 2 unspecified atom stereocenters. The van der Waals surface area contributed by atoms with Crippen LogP contribution >= 0.6 is 0 Å². The third kappa shape index (κ3) is 2.68. The molecule has 1 N–H and O–H groups in total. The average Bonchev–Trinajstić information content (AvgIpc) is 2.76. The van der Waals surface area contributed by atoms with Crippen molar-refractivity contribution in [2.75, 3.05) is 13.1 Å². The summed E-state index contributed by atoms with van der Waals surface area (Å²) in [4.78, 5) is 24.9. The highest BCUT2D eigenvalue weighted by atomic mass is 19.1. The Morgan fingerprint density at radius 2 is 2.09 bits per heavy atom. The molecule has 1 aromatic rings. The Balaban J connectivity index is 1.93. The van der Waals surface area contributed by atoms with Gasteiger partial charge in [0, 0.05) is 30.7 Å². The van der Waals surface area contributed by atoms with Crippen LogP contribution in [0.25, 0.3) is 0 Å². The fourth-order valence-electron chi connectivity index (χ4n) is 3.44. The predicted octanol–water partition coefficient (Wildman–Crippen LogP) is 2.01. The first-order valence-electron chi connectivity index (χ1n) is 7.45. The normalized spacial score (nSPS) is 24.2. The van der Waals surface area contributed by atoms with Crippen molar-refractivity contribution in [2.24, 2.45) is 0 Å². The summed E-state index contributed by atoms with van der Waals surface area (Å²) in [5, 5.41) is 14.7. The molecule has 2 atom stereocenters. The second-order valence-corrected chi connectivity index (χ2v) is 6.05. The fraction of sp³-hybridized carbons (Fsp3) is 0.533. The van der Waals surface area contributed by atoms with Crippen molar-refractivity contribution in [3.63, 3.8) is 0 Å². The van der Waals surface area contributed by atoms with E-state index in [2.05, 4.69) is 5.32 Å². The van der Waals surface area contributed by atoms with E-state index < -0.39 is 16.6 Å². The lowest BCUT2D eigenvalue weighted by Crippen LogP contribution is -2.39. The summed E-state index contributed by atoms with van der Waals surface area (Å²) in [6, 6.07) is 2.70. The molecule has 2 heterocycles. The van der Waals surface area contributed by atoms with Crippen LogP contribution in [0.15, 0.2) is 12.1 Å². The van der Waals surface area contributed by atoms with Gasteiger partial charge in [0.25, 0.3) is 11.6 Å². The molecule has 1 aromatic carbocycles. The molecule has 0 saturated carbocycles. The fourth-order valence-corrected chi connectivity index (χ4v) is 3.44. The number of nitrogens with zero attached hydrogens (tertiary/aromatic N) is 2. The number of hydrogen-bond acceptors (Lipinski definition) is 4. The molecule has 2 aliphatic heterocycles. The summed E-state index contributed by atoms with van der Waals surface area (Å²) in [7, 11) is 0. The number of fused-ring (bicyclic) bond motifs is 2. The molecular formula is C15H18FN3O3. The third-order valence-corrected chi connectivity index (χ3v) is 4.49. The summed E-state index contributed by atoms with van der Waals surface area (Å²) in [6.45, 7) is 2.51. The number of likely N-dealkylation sites (tertiary alicyclic amines) is 1. The first-order valence-corrected chi connectivity index (χ1v) is 7.45. The van der Waals surface area contributed by atoms with E-state index >= 15 is 0 Å². The van der Waals surface area contributed by atoms with Crippen molar-refractivity contribution < 1.29 is 14.1 Å². The Kier molecular flexibility index (Phi) is 3.82. The zero-order valence-electron chi connectivity index (χ0n) is 12.3. The van der Waals surface area contributed by atoms with Crippen molar-refractivity contribution >= 4 is 11.6 Å². The van der Waals surface area contributed by atoms with Gasteiger partial charge in [0.05, 0.1) is 4.92 Å². The van der Waals surface area contributed by atoms with E-state index in [1.807, 2.05) is 0 Å². The number of rotatable bonds is 2. The van der Waals surface area contributed by atoms with E-state index in [9.17, 15) is 19.3 Å². The number of hydrogen-bond donors (Lipinski definition) is 1. The van der Waals surface area contributed by atoms with Gasteiger partial charge >= 0.3 is 0 Å². The van der Waals surface area contributed by atoms with Gasteiger partial charge in [-0.1, -0.05) is 0 Å². The van der Waals surface area contributed by atoms with Gasteiger partial charge in [-0.3, -0.25) is 14.9 Å². The number of carbonyl (C=O) groups is 1. The lowest BCUT2D eigenvalue weighted by atomic mass is 10.0. The summed E-state index contributed by atoms with van der Waals surface area (Å²) < 4.78 is 13.6.